The van der Waals surface area contributed by atoms with Gasteiger partial charge in [-0.25, -0.2) is 0 Å². The van der Waals surface area contributed by atoms with Crippen LogP contribution in [0.2, 0.25) is 0 Å². The number of nitrogens with two attached hydrogens (primary N) is 1. The number of nitrogens with zero attached hydrogens (tertiary/aromatic N) is 1. The molecule has 3 heteroatoms. The van der Waals surface area contributed by atoms with E-state index in [4.69, 9.17) is 18.0 Å². The van der Waals surface area contributed by atoms with Gasteiger partial charge < -0.3 is 5.73 Å². The van der Waals surface area contributed by atoms with Crippen LogP contribution in [-0.2, 0) is 6.54 Å². The molecular formula is C14H22N2S. The molecule has 0 fully saturated rings. The molecule has 0 aromatic heterocycles. The molecule has 0 aliphatic heterocycles. The van der Waals surface area contributed by atoms with E-state index in [1.165, 1.54) is 11.1 Å². The molecule has 2 nitrogen and oxygen atoms in total. The van der Waals surface area contributed by atoms with Crippen LogP contribution in [0.1, 0.15) is 31.4 Å². The third kappa shape index (κ3) is 5.29. The van der Waals surface area contributed by atoms with Gasteiger partial charge in [-0.2, -0.15) is 0 Å². The minimum Gasteiger partial charge on any atom is -0.393 e. The van der Waals surface area contributed by atoms with Crippen LogP contribution in [0, 0.1) is 6.92 Å². The Hall–Kier alpha value is -0.930. The molecule has 0 spiro atoms. The molecule has 0 saturated carbocycles. The van der Waals surface area contributed by atoms with E-state index in [1.54, 1.807) is 0 Å². The highest BCUT2D eigenvalue weighted by molar-refractivity contribution is 7.80. The van der Waals surface area contributed by atoms with E-state index in [0.717, 1.165) is 19.5 Å². The smallest absolute Gasteiger partial charge is 0.0740 e. The summed E-state index contributed by atoms with van der Waals surface area (Å²) in [5, 5.41) is 0. The van der Waals surface area contributed by atoms with Crippen molar-refractivity contribution in [2.24, 2.45) is 5.73 Å². The zero-order chi connectivity index (χ0) is 12.8. The Morgan fingerprint density at radius 1 is 1.29 bits per heavy atom. The third-order valence-electron chi connectivity index (χ3n) is 2.88. The van der Waals surface area contributed by atoms with Crippen LogP contribution < -0.4 is 5.73 Å². The van der Waals surface area contributed by atoms with E-state index in [1.807, 2.05) is 0 Å². The predicted octanol–water partition coefficient (Wildman–Crippen LogP) is 2.88. The average Bonchev–Trinajstić information content (AvgIpc) is 2.26. The molecule has 0 heterocycles. The molecule has 94 valence electrons. The summed E-state index contributed by atoms with van der Waals surface area (Å²) in [6, 6.07) is 9.19. The van der Waals surface area contributed by atoms with Crippen LogP contribution in [0.25, 0.3) is 0 Å². The summed E-state index contributed by atoms with van der Waals surface area (Å²) in [5.41, 5.74) is 8.20. The van der Waals surface area contributed by atoms with Gasteiger partial charge in [0, 0.05) is 25.6 Å². The van der Waals surface area contributed by atoms with Crippen molar-refractivity contribution < 1.29 is 0 Å². The standard InChI is InChI=1S/C14H22N2S/c1-11(2)16(9-8-14(15)17)10-13-6-4-12(3)5-7-13/h4-7,11H,8-10H2,1-3H3,(H2,15,17). The zero-order valence-corrected chi connectivity index (χ0v) is 11.8. The average molecular weight is 250 g/mol. The molecule has 1 rings (SSSR count). The van der Waals surface area contributed by atoms with Gasteiger partial charge in [0.2, 0.25) is 0 Å². The second kappa shape index (κ2) is 6.72. The summed E-state index contributed by atoms with van der Waals surface area (Å²) in [4.78, 5) is 2.99. The largest absolute Gasteiger partial charge is 0.393 e. The van der Waals surface area contributed by atoms with Gasteiger partial charge in [0.1, 0.15) is 0 Å². The van der Waals surface area contributed by atoms with Gasteiger partial charge in [-0.05, 0) is 26.3 Å². The number of benzene rings is 1. The first-order valence-electron chi connectivity index (χ1n) is 6.07. The van der Waals surface area contributed by atoms with Crippen molar-refractivity contribution in [2.45, 2.75) is 39.8 Å². The van der Waals surface area contributed by atoms with Gasteiger partial charge in [-0.1, -0.05) is 42.0 Å². The first kappa shape index (κ1) is 14.1. The Balaban J connectivity index is 2.60. The fourth-order valence-corrected chi connectivity index (χ4v) is 1.79. The van der Waals surface area contributed by atoms with Crippen molar-refractivity contribution in [1.82, 2.24) is 4.90 Å². The van der Waals surface area contributed by atoms with Crippen LogP contribution in [0.15, 0.2) is 24.3 Å². The molecule has 0 bridgehead atoms. The quantitative estimate of drug-likeness (QED) is 0.787. The number of hydrogen-bond donors (Lipinski definition) is 1. The van der Waals surface area contributed by atoms with Crippen LogP contribution in [0.3, 0.4) is 0 Å². The lowest BCUT2D eigenvalue weighted by Crippen LogP contribution is -2.33. The summed E-state index contributed by atoms with van der Waals surface area (Å²) in [7, 11) is 0. The Kier molecular flexibility index (Phi) is 5.59. The van der Waals surface area contributed by atoms with Crippen molar-refractivity contribution in [2.75, 3.05) is 6.54 Å². The molecule has 0 unspecified atom stereocenters. The van der Waals surface area contributed by atoms with Gasteiger partial charge in [-0.3, -0.25) is 4.90 Å². The Morgan fingerprint density at radius 2 is 1.88 bits per heavy atom. The molecular weight excluding hydrogens is 228 g/mol. The van der Waals surface area contributed by atoms with Gasteiger partial charge in [-0.15, -0.1) is 0 Å². The lowest BCUT2D eigenvalue weighted by Gasteiger charge is -2.26. The summed E-state index contributed by atoms with van der Waals surface area (Å²) in [5.74, 6) is 0. The molecule has 0 amide bonds. The van der Waals surface area contributed by atoms with E-state index in [-0.39, 0.29) is 0 Å². The highest BCUT2D eigenvalue weighted by atomic mass is 32.1. The van der Waals surface area contributed by atoms with Crippen molar-refractivity contribution in [3.63, 3.8) is 0 Å². The van der Waals surface area contributed by atoms with Crippen LogP contribution in [0.5, 0.6) is 0 Å². The number of thiocarbonyl (C=S) groups is 1. The Morgan fingerprint density at radius 3 is 2.35 bits per heavy atom. The number of aryl methyl sites for hydroxylation is 1. The third-order valence-corrected chi connectivity index (χ3v) is 3.09. The molecule has 2 N–H and O–H groups in total. The second-order valence-electron chi connectivity index (χ2n) is 4.77. The fourth-order valence-electron chi connectivity index (χ4n) is 1.70. The molecule has 17 heavy (non-hydrogen) atoms. The van der Waals surface area contributed by atoms with Crippen molar-refractivity contribution >= 4 is 17.2 Å². The fraction of sp³-hybridized carbons (Fsp3) is 0.500. The van der Waals surface area contributed by atoms with Crippen LogP contribution in [0.4, 0.5) is 0 Å². The molecule has 0 atom stereocenters. The van der Waals surface area contributed by atoms with Gasteiger partial charge in [0.05, 0.1) is 4.99 Å². The van der Waals surface area contributed by atoms with E-state index in [2.05, 4.69) is 49.9 Å². The van der Waals surface area contributed by atoms with E-state index in [9.17, 15) is 0 Å². The van der Waals surface area contributed by atoms with E-state index < -0.39 is 0 Å². The minimum atomic E-state index is 0.505. The maximum Gasteiger partial charge on any atom is 0.0740 e. The van der Waals surface area contributed by atoms with Gasteiger partial charge in [0.25, 0.3) is 0 Å². The maximum absolute atomic E-state index is 5.56. The Labute approximate surface area is 110 Å². The maximum atomic E-state index is 5.56. The second-order valence-corrected chi connectivity index (χ2v) is 5.29. The molecule has 1 aromatic rings. The lowest BCUT2D eigenvalue weighted by molar-refractivity contribution is 0.219. The van der Waals surface area contributed by atoms with E-state index in [0.29, 0.717) is 11.0 Å². The van der Waals surface area contributed by atoms with Crippen molar-refractivity contribution in [1.29, 1.82) is 0 Å². The first-order valence-corrected chi connectivity index (χ1v) is 6.47. The summed E-state index contributed by atoms with van der Waals surface area (Å²) >= 11 is 4.93. The summed E-state index contributed by atoms with van der Waals surface area (Å²) < 4.78 is 0. The summed E-state index contributed by atoms with van der Waals surface area (Å²) in [6.07, 6.45) is 0.791. The zero-order valence-electron chi connectivity index (χ0n) is 10.9. The van der Waals surface area contributed by atoms with Gasteiger partial charge in [0.15, 0.2) is 0 Å². The van der Waals surface area contributed by atoms with Crippen molar-refractivity contribution in [3.05, 3.63) is 35.4 Å². The highest BCUT2D eigenvalue weighted by Crippen LogP contribution is 2.10. The predicted molar refractivity (Wildman–Crippen MR) is 78.1 cm³/mol. The van der Waals surface area contributed by atoms with Gasteiger partial charge >= 0.3 is 0 Å². The minimum absolute atomic E-state index is 0.505. The highest BCUT2D eigenvalue weighted by Gasteiger charge is 2.10. The molecule has 1 aromatic carbocycles. The van der Waals surface area contributed by atoms with E-state index >= 15 is 0 Å². The molecule has 0 aliphatic carbocycles. The van der Waals surface area contributed by atoms with Crippen LogP contribution >= 0.6 is 12.2 Å². The first-order chi connectivity index (χ1) is 7.99. The molecule has 0 radical (unpaired) electrons. The lowest BCUT2D eigenvalue weighted by atomic mass is 10.1. The van der Waals surface area contributed by atoms with Crippen LogP contribution in [-0.4, -0.2) is 22.5 Å². The Bertz CT molecular complexity index is 357. The van der Waals surface area contributed by atoms with Crippen molar-refractivity contribution in [3.8, 4) is 0 Å². The monoisotopic (exact) mass is 250 g/mol. The molecule has 0 aliphatic rings. The summed E-state index contributed by atoms with van der Waals surface area (Å²) in [6.45, 7) is 8.40. The SMILES string of the molecule is Cc1ccc(CN(CCC(N)=S)C(C)C)cc1. The molecule has 0 saturated heterocycles. The number of hydrogen-bond acceptors (Lipinski definition) is 2. The normalized spacial score (nSPS) is 11.1. The topological polar surface area (TPSA) is 29.3 Å². The number of rotatable bonds is 6.